The van der Waals surface area contributed by atoms with Crippen molar-refractivity contribution in [2.75, 3.05) is 11.1 Å². The lowest BCUT2D eigenvalue weighted by Gasteiger charge is -2.10. The zero-order valence-electron chi connectivity index (χ0n) is 17.8. The molecular formula is C22H27N5O2S. The van der Waals surface area contributed by atoms with Crippen LogP contribution in [0.1, 0.15) is 43.6 Å². The number of aryl methyl sites for hydroxylation is 1. The fourth-order valence-electron chi connectivity index (χ4n) is 2.86. The van der Waals surface area contributed by atoms with Crippen LogP contribution in [0.25, 0.3) is 0 Å². The Morgan fingerprint density at radius 2 is 1.97 bits per heavy atom. The van der Waals surface area contributed by atoms with Crippen molar-refractivity contribution in [3.05, 3.63) is 59.5 Å². The molecule has 1 N–H and O–H groups in total. The SMILES string of the molecule is CCn1c(COc2ccc(C(C)C)cc2)nnc1SCC(=O)Nc1ncccc1C. The van der Waals surface area contributed by atoms with Crippen molar-refractivity contribution in [2.45, 2.75) is 51.9 Å². The van der Waals surface area contributed by atoms with Crippen LogP contribution in [0.4, 0.5) is 5.82 Å². The number of nitrogens with one attached hydrogen (secondary N) is 1. The number of carbonyl (C=O) groups is 1. The largest absolute Gasteiger partial charge is 0.486 e. The highest BCUT2D eigenvalue weighted by Gasteiger charge is 2.14. The number of amides is 1. The van der Waals surface area contributed by atoms with Crippen LogP contribution >= 0.6 is 11.8 Å². The third-order valence-electron chi connectivity index (χ3n) is 4.62. The molecule has 0 saturated carbocycles. The van der Waals surface area contributed by atoms with E-state index < -0.39 is 0 Å². The first-order valence-electron chi connectivity index (χ1n) is 9.97. The van der Waals surface area contributed by atoms with Crippen LogP contribution < -0.4 is 10.1 Å². The minimum Gasteiger partial charge on any atom is -0.486 e. The highest BCUT2D eigenvalue weighted by molar-refractivity contribution is 7.99. The number of aromatic nitrogens is 4. The molecule has 0 radical (unpaired) electrons. The maximum absolute atomic E-state index is 12.3. The van der Waals surface area contributed by atoms with E-state index in [1.807, 2.05) is 42.7 Å². The normalized spacial score (nSPS) is 11.0. The number of benzene rings is 1. The molecule has 158 valence electrons. The number of anilines is 1. The molecule has 0 fully saturated rings. The van der Waals surface area contributed by atoms with E-state index in [0.29, 0.717) is 30.0 Å². The molecular weight excluding hydrogens is 398 g/mol. The van der Waals surface area contributed by atoms with Crippen LogP contribution in [0, 0.1) is 6.92 Å². The fraction of sp³-hybridized carbons (Fsp3) is 0.364. The Hall–Kier alpha value is -2.87. The molecule has 0 aliphatic carbocycles. The summed E-state index contributed by atoms with van der Waals surface area (Å²) in [5.74, 6) is 2.69. The zero-order chi connectivity index (χ0) is 21.5. The van der Waals surface area contributed by atoms with Gasteiger partial charge in [0.25, 0.3) is 0 Å². The molecule has 2 aromatic heterocycles. The predicted octanol–water partition coefficient (Wildman–Crippen LogP) is 4.43. The monoisotopic (exact) mass is 425 g/mol. The summed E-state index contributed by atoms with van der Waals surface area (Å²) in [6, 6.07) is 11.8. The Morgan fingerprint density at radius 3 is 2.63 bits per heavy atom. The van der Waals surface area contributed by atoms with E-state index >= 15 is 0 Å². The second kappa shape index (κ2) is 10.2. The summed E-state index contributed by atoms with van der Waals surface area (Å²) in [6.07, 6.45) is 1.66. The molecule has 3 rings (SSSR count). The van der Waals surface area contributed by atoms with Gasteiger partial charge in [0.05, 0.1) is 5.75 Å². The van der Waals surface area contributed by atoms with Gasteiger partial charge in [-0.3, -0.25) is 4.79 Å². The van der Waals surface area contributed by atoms with E-state index in [9.17, 15) is 4.79 Å². The Bertz CT molecular complexity index is 985. The molecule has 30 heavy (non-hydrogen) atoms. The molecule has 1 amide bonds. The Labute approximate surface area is 181 Å². The summed E-state index contributed by atoms with van der Waals surface area (Å²) in [4.78, 5) is 16.5. The van der Waals surface area contributed by atoms with Gasteiger partial charge in [-0.2, -0.15) is 0 Å². The second-order valence-electron chi connectivity index (χ2n) is 7.16. The van der Waals surface area contributed by atoms with Gasteiger partial charge >= 0.3 is 0 Å². The average Bonchev–Trinajstić information content (AvgIpc) is 3.14. The van der Waals surface area contributed by atoms with Gasteiger partial charge in [-0.15, -0.1) is 10.2 Å². The van der Waals surface area contributed by atoms with Crippen molar-refractivity contribution in [2.24, 2.45) is 0 Å². The van der Waals surface area contributed by atoms with Gasteiger partial charge < -0.3 is 14.6 Å². The quantitative estimate of drug-likeness (QED) is 0.511. The van der Waals surface area contributed by atoms with Crippen LogP contribution in [0.2, 0.25) is 0 Å². The number of carbonyl (C=O) groups excluding carboxylic acids is 1. The highest BCUT2D eigenvalue weighted by Crippen LogP contribution is 2.21. The molecule has 0 aliphatic heterocycles. The number of thioether (sulfide) groups is 1. The Morgan fingerprint density at radius 1 is 1.20 bits per heavy atom. The van der Waals surface area contributed by atoms with Crippen molar-refractivity contribution < 1.29 is 9.53 Å². The molecule has 0 unspecified atom stereocenters. The Balaban J connectivity index is 1.57. The minimum atomic E-state index is -0.129. The summed E-state index contributed by atoms with van der Waals surface area (Å²) < 4.78 is 7.84. The van der Waals surface area contributed by atoms with Crippen LogP contribution in [0.5, 0.6) is 5.75 Å². The standard InChI is InChI=1S/C22H27N5O2S/c1-5-27-19(13-29-18-10-8-17(9-11-18)15(2)3)25-26-22(27)30-14-20(28)24-21-16(4)7-6-12-23-21/h6-12,15H,5,13-14H2,1-4H3,(H,23,24,28). The van der Waals surface area contributed by atoms with Crippen LogP contribution in [-0.2, 0) is 17.9 Å². The minimum absolute atomic E-state index is 0.129. The molecule has 2 heterocycles. The lowest BCUT2D eigenvalue weighted by molar-refractivity contribution is -0.113. The van der Waals surface area contributed by atoms with Gasteiger partial charge in [-0.1, -0.05) is 43.8 Å². The smallest absolute Gasteiger partial charge is 0.236 e. The first-order valence-corrected chi connectivity index (χ1v) is 11.0. The highest BCUT2D eigenvalue weighted by atomic mass is 32.2. The van der Waals surface area contributed by atoms with Gasteiger partial charge in [0.15, 0.2) is 11.0 Å². The van der Waals surface area contributed by atoms with E-state index in [2.05, 4.69) is 46.5 Å². The van der Waals surface area contributed by atoms with Crippen molar-refractivity contribution >= 4 is 23.5 Å². The molecule has 0 atom stereocenters. The second-order valence-corrected chi connectivity index (χ2v) is 8.10. The molecule has 0 saturated heterocycles. The predicted molar refractivity (Wildman–Crippen MR) is 119 cm³/mol. The summed E-state index contributed by atoms with van der Waals surface area (Å²) >= 11 is 1.35. The van der Waals surface area contributed by atoms with Crippen molar-refractivity contribution in [1.29, 1.82) is 0 Å². The van der Waals surface area contributed by atoms with E-state index in [1.165, 1.54) is 17.3 Å². The molecule has 0 spiro atoms. The van der Waals surface area contributed by atoms with Crippen LogP contribution in [0.15, 0.2) is 47.8 Å². The summed E-state index contributed by atoms with van der Waals surface area (Å²) in [5.41, 5.74) is 2.20. The first kappa shape index (κ1) is 21.8. The van der Waals surface area contributed by atoms with Gasteiger partial charge in [0.2, 0.25) is 5.91 Å². The third-order valence-corrected chi connectivity index (χ3v) is 5.59. The first-order chi connectivity index (χ1) is 14.5. The topological polar surface area (TPSA) is 81.9 Å². The number of hydrogen-bond acceptors (Lipinski definition) is 6. The van der Waals surface area contributed by atoms with Crippen LogP contribution in [-0.4, -0.2) is 31.4 Å². The summed E-state index contributed by atoms with van der Waals surface area (Å²) in [7, 11) is 0. The summed E-state index contributed by atoms with van der Waals surface area (Å²) in [6.45, 7) is 9.27. The van der Waals surface area contributed by atoms with E-state index in [4.69, 9.17) is 4.74 Å². The van der Waals surface area contributed by atoms with Crippen molar-refractivity contribution in [3.8, 4) is 5.75 Å². The molecule has 0 bridgehead atoms. The van der Waals surface area contributed by atoms with Gasteiger partial charge in [0.1, 0.15) is 18.2 Å². The van der Waals surface area contributed by atoms with Gasteiger partial charge in [-0.25, -0.2) is 4.98 Å². The maximum atomic E-state index is 12.3. The molecule has 0 aliphatic rings. The molecule has 3 aromatic rings. The number of hydrogen-bond donors (Lipinski definition) is 1. The lowest BCUT2D eigenvalue weighted by atomic mass is 10.0. The number of pyridine rings is 1. The van der Waals surface area contributed by atoms with Gasteiger partial charge in [-0.05, 0) is 49.1 Å². The number of rotatable bonds is 9. The summed E-state index contributed by atoms with van der Waals surface area (Å²) in [5, 5.41) is 12.0. The van der Waals surface area contributed by atoms with Crippen molar-refractivity contribution in [1.82, 2.24) is 19.7 Å². The average molecular weight is 426 g/mol. The van der Waals surface area contributed by atoms with Gasteiger partial charge in [0, 0.05) is 12.7 Å². The maximum Gasteiger partial charge on any atom is 0.236 e. The van der Waals surface area contributed by atoms with Crippen LogP contribution in [0.3, 0.4) is 0 Å². The lowest BCUT2D eigenvalue weighted by Crippen LogP contribution is -2.16. The molecule has 1 aromatic carbocycles. The number of nitrogens with zero attached hydrogens (tertiary/aromatic N) is 4. The molecule has 8 heteroatoms. The van der Waals surface area contributed by atoms with Crippen molar-refractivity contribution in [3.63, 3.8) is 0 Å². The Kier molecular flexibility index (Phi) is 7.46. The fourth-order valence-corrected chi connectivity index (χ4v) is 3.68. The van der Waals surface area contributed by atoms with E-state index in [-0.39, 0.29) is 11.7 Å². The molecule has 7 nitrogen and oxygen atoms in total. The number of ether oxygens (including phenoxy) is 1. The third kappa shape index (κ3) is 5.60. The zero-order valence-corrected chi connectivity index (χ0v) is 18.6. The van der Waals surface area contributed by atoms with E-state index in [1.54, 1.807) is 6.20 Å². The van der Waals surface area contributed by atoms with E-state index in [0.717, 1.165) is 17.1 Å².